The zero-order chi connectivity index (χ0) is 16.4. The lowest BCUT2D eigenvalue weighted by Crippen LogP contribution is -2.44. The van der Waals surface area contributed by atoms with E-state index in [1.165, 1.54) is 0 Å². The highest BCUT2D eigenvalue weighted by molar-refractivity contribution is 7.90. The molecule has 1 N–H and O–H groups in total. The molecule has 0 heterocycles. The summed E-state index contributed by atoms with van der Waals surface area (Å²) >= 11 is 11.7. The predicted octanol–water partition coefficient (Wildman–Crippen LogP) is 3.01. The quantitative estimate of drug-likeness (QED) is 0.852. The summed E-state index contributed by atoms with van der Waals surface area (Å²) in [5.74, 6) is -1.38. The minimum absolute atomic E-state index is 0.0362. The molecule has 0 aromatic heterocycles. The normalized spacial score (nSPS) is 13.7. The van der Waals surface area contributed by atoms with Crippen LogP contribution in [-0.2, 0) is 21.4 Å². The third kappa shape index (κ3) is 4.32. The van der Waals surface area contributed by atoms with Crippen molar-refractivity contribution in [1.82, 2.24) is 4.31 Å². The van der Waals surface area contributed by atoms with Gasteiger partial charge in [-0.05, 0) is 38.5 Å². The molecule has 0 spiro atoms. The second kappa shape index (κ2) is 6.96. The molecule has 1 atom stereocenters. The fourth-order valence-electron chi connectivity index (χ4n) is 1.71. The lowest BCUT2D eigenvalue weighted by Gasteiger charge is -2.27. The van der Waals surface area contributed by atoms with Gasteiger partial charge < -0.3 is 5.11 Å². The molecule has 0 aliphatic carbocycles. The summed E-state index contributed by atoms with van der Waals surface area (Å²) in [5, 5.41) is 8.13. The van der Waals surface area contributed by atoms with E-state index in [-0.39, 0.29) is 12.6 Å². The van der Waals surface area contributed by atoms with E-state index in [0.717, 1.165) is 11.2 Å². The van der Waals surface area contributed by atoms with Crippen molar-refractivity contribution in [3.8, 4) is 0 Å². The van der Waals surface area contributed by atoms with Gasteiger partial charge in [-0.3, -0.25) is 4.79 Å². The first kappa shape index (κ1) is 18.2. The summed E-state index contributed by atoms with van der Waals surface area (Å²) in [4.78, 5) is 11.0. The van der Waals surface area contributed by atoms with Gasteiger partial charge in [0.1, 0.15) is 0 Å². The highest BCUT2D eigenvalue weighted by Gasteiger charge is 2.35. The second-order valence-corrected chi connectivity index (χ2v) is 7.93. The van der Waals surface area contributed by atoms with Crippen LogP contribution in [0.5, 0.6) is 0 Å². The maximum Gasteiger partial charge on any atom is 0.323 e. The van der Waals surface area contributed by atoms with Crippen molar-refractivity contribution < 1.29 is 18.3 Å². The zero-order valence-corrected chi connectivity index (χ0v) is 14.2. The first-order valence-electron chi connectivity index (χ1n) is 6.24. The van der Waals surface area contributed by atoms with E-state index >= 15 is 0 Å². The minimum Gasteiger partial charge on any atom is -0.480 e. The number of hydrogen-bond acceptors (Lipinski definition) is 3. The lowest BCUT2D eigenvalue weighted by molar-refractivity contribution is -0.136. The molecule has 1 rings (SSSR count). The lowest BCUT2D eigenvalue weighted by atomic mass is 10.2. The number of rotatable bonds is 6. The number of carbonyl (C=O) groups is 1. The second-order valence-electron chi connectivity index (χ2n) is 4.91. The van der Waals surface area contributed by atoms with E-state index in [2.05, 4.69) is 0 Å². The number of hydrogen-bond donors (Lipinski definition) is 1. The third-order valence-electron chi connectivity index (χ3n) is 3.02. The van der Waals surface area contributed by atoms with Crippen LogP contribution in [0.3, 0.4) is 0 Å². The fourth-order valence-corrected chi connectivity index (χ4v) is 3.61. The van der Waals surface area contributed by atoms with Crippen LogP contribution < -0.4 is 0 Å². The molecule has 0 saturated carbocycles. The monoisotopic (exact) mass is 353 g/mol. The van der Waals surface area contributed by atoms with E-state index in [9.17, 15) is 13.2 Å². The molecule has 8 heteroatoms. The summed E-state index contributed by atoms with van der Waals surface area (Å²) in [7, 11) is -3.96. The molecular formula is C13H17Cl2NO4S. The summed E-state index contributed by atoms with van der Waals surface area (Å²) in [6, 6.07) is 4.42. The Hall–Kier alpha value is -0.820. The van der Waals surface area contributed by atoms with Crippen LogP contribution in [0.25, 0.3) is 0 Å². The molecule has 0 radical (unpaired) electrons. The van der Waals surface area contributed by atoms with E-state index in [1.54, 1.807) is 32.0 Å². The number of nitrogens with zero attached hydrogens (tertiary/aromatic N) is 1. The number of aliphatic carboxylic acids is 1. The molecule has 21 heavy (non-hydrogen) atoms. The largest absolute Gasteiger partial charge is 0.480 e. The standard InChI is InChI=1S/C13H17Cl2NO4S/c1-8(2)16(21(19,20)9(3)13(17)18)7-10-4-5-11(14)12(15)6-10/h4-6,8-9H,7H2,1-3H3,(H,17,18). The van der Waals surface area contributed by atoms with Crippen LogP contribution in [0.2, 0.25) is 10.0 Å². The molecule has 1 unspecified atom stereocenters. The van der Waals surface area contributed by atoms with Crippen molar-refractivity contribution in [2.45, 2.75) is 38.6 Å². The molecule has 0 saturated heterocycles. The van der Waals surface area contributed by atoms with Crippen LogP contribution >= 0.6 is 23.2 Å². The highest BCUT2D eigenvalue weighted by Crippen LogP contribution is 2.25. The zero-order valence-electron chi connectivity index (χ0n) is 11.9. The predicted molar refractivity (Wildman–Crippen MR) is 83.2 cm³/mol. The Morgan fingerprint density at radius 2 is 1.81 bits per heavy atom. The van der Waals surface area contributed by atoms with Gasteiger partial charge >= 0.3 is 5.97 Å². The molecule has 0 aliphatic rings. The Morgan fingerprint density at radius 3 is 2.24 bits per heavy atom. The molecule has 0 aliphatic heterocycles. The van der Waals surface area contributed by atoms with E-state index < -0.39 is 21.2 Å². The number of benzene rings is 1. The summed E-state index contributed by atoms with van der Waals surface area (Å²) in [6.45, 7) is 4.56. The van der Waals surface area contributed by atoms with Gasteiger partial charge in [0.2, 0.25) is 10.0 Å². The number of sulfonamides is 1. The van der Waals surface area contributed by atoms with Crippen molar-refractivity contribution >= 4 is 39.2 Å². The first-order valence-corrected chi connectivity index (χ1v) is 8.50. The van der Waals surface area contributed by atoms with E-state index in [4.69, 9.17) is 28.3 Å². The Kier molecular flexibility index (Phi) is 6.04. The topological polar surface area (TPSA) is 74.7 Å². The van der Waals surface area contributed by atoms with Gasteiger partial charge in [-0.15, -0.1) is 0 Å². The van der Waals surface area contributed by atoms with E-state index in [1.807, 2.05) is 0 Å². The van der Waals surface area contributed by atoms with Crippen molar-refractivity contribution in [2.24, 2.45) is 0 Å². The number of carboxylic acids is 1. The summed E-state index contributed by atoms with van der Waals surface area (Å²) < 4.78 is 25.9. The van der Waals surface area contributed by atoms with Gasteiger partial charge in [-0.25, -0.2) is 8.42 Å². The average molecular weight is 354 g/mol. The smallest absolute Gasteiger partial charge is 0.323 e. The van der Waals surface area contributed by atoms with Gasteiger partial charge in [-0.1, -0.05) is 29.3 Å². The average Bonchev–Trinajstić information content (AvgIpc) is 2.38. The van der Waals surface area contributed by atoms with Crippen molar-refractivity contribution in [3.05, 3.63) is 33.8 Å². The maximum absolute atomic E-state index is 12.4. The minimum atomic E-state index is -3.96. The molecule has 0 amide bonds. The number of halogens is 2. The van der Waals surface area contributed by atoms with Crippen LogP contribution in [0.15, 0.2) is 18.2 Å². The summed E-state index contributed by atoms with van der Waals surface area (Å²) in [6.07, 6.45) is 0. The first-order chi connectivity index (χ1) is 9.57. The molecule has 0 fully saturated rings. The van der Waals surface area contributed by atoms with Crippen LogP contribution in [0.4, 0.5) is 0 Å². The fraction of sp³-hybridized carbons (Fsp3) is 0.462. The Morgan fingerprint density at radius 1 is 1.24 bits per heavy atom. The Balaban J connectivity index is 3.13. The van der Waals surface area contributed by atoms with Gasteiger partial charge in [0.05, 0.1) is 10.0 Å². The van der Waals surface area contributed by atoms with Crippen LogP contribution in [0, 0.1) is 0 Å². The number of carboxylic acid groups (broad SMARTS) is 1. The molecule has 5 nitrogen and oxygen atoms in total. The van der Waals surface area contributed by atoms with Crippen molar-refractivity contribution in [2.75, 3.05) is 0 Å². The molecule has 118 valence electrons. The van der Waals surface area contributed by atoms with Gasteiger partial charge in [-0.2, -0.15) is 4.31 Å². The van der Waals surface area contributed by atoms with Crippen LogP contribution in [-0.4, -0.2) is 35.1 Å². The molecule has 1 aromatic rings. The highest BCUT2D eigenvalue weighted by atomic mass is 35.5. The Bertz CT molecular complexity index is 631. The van der Waals surface area contributed by atoms with Crippen molar-refractivity contribution in [3.63, 3.8) is 0 Å². The molecular weight excluding hydrogens is 337 g/mol. The third-order valence-corrected chi connectivity index (χ3v) is 6.06. The SMILES string of the molecule is CC(C)N(Cc1ccc(Cl)c(Cl)c1)S(=O)(=O)C(C)C(=O)O. The van der Waals surface area contributed by atoms with Crippen LogP contribution in [0.1, 0.15) is 26.3 Å². The van der Waals surface area contributed by atoms with Crippen molar-refractivity contribution in [1.29, 1.82) is 0 Å². The Labute approximate surface area is 134 Å². The van der Waals surface area contributed by atoms with E-state index in [0.29, 0.717) is 15.6 Å². The molecule has 1 aromatic carbocycles. The summed E-state index contributed by atoms with van der Waals surface area (Å²) in [5.41, 5.74) is 0.638. The maximum atomic E-state index is 12.4. The molecule has 0 bridgehead atoms. The van der Waals surface area contributed by atoms with Gasteiger partial charge in [0, 0.05) is 12.6 Å². The van der Waals surface area contributed by atoms with Gasteiger partial charge in [0.15, 0.2) is 5.25 Å². The van der Waals surface area contributed by atoms with Gasteiger partial charge in [0.25, 0.3) is 0 Å².